The van der Waals surface area contributed by atoms with E-state index in [2.05, 4.69) is 4.98 Å². The number of aromatic nitrogens is 2. The molecule has 10 heteroatoms. The highest BCUT2D eigenvalue weighted by atomic mass is 35.5. The molecule has 2 amide bonds. The van der Waals surface area contributed by atoms with E-state index >= 15 is 0 Å². The molecule has 1 aromatic carbocycles. The Bertz CT molecular complexity index is 920. The fourth-order valence-corrected chi connectivity index (χ4v) is 4.01. The van der Waals surface area contributed by atoms with E-state index in [-0.39, 0.29) is 24.9 Å². The first-order chi connectivity index (χ1) is 14.3. The van der Waals surface area contributed by atoms with Crippen LogP contribution in [0.4, 0.5) is 0 Å². The van der Waals surface area contributed by atoms with Gasteiger partial charge in [-0.05, 0) is 30.5 Å². The molecule has 1 aromatic heterocycles. The number of carboxylic acids is 1. The van der Waals surface area contributed by atoms with Gasteiger partial charge >= 0.3 is 5.97 Å². The third-order valence-electron chi connectivity index (χ3n) is 5.03. The molecule has 1 N–H and O–H groups in total. The summed E-state index contributed by atoms with van der Waals surface area (Å²) in [6.45, 7) is 1.12. The van der Waals surface area contributed by atoms with Gasteiger partial charge in [0.2, 0.25) is 11.8 Å². The van der Waals surface area contributed by atoms with Crippen LogP contribution in [0, 0.1) is 0 Å². The van der Waals surface area contributed by atoms with Gasteiger partial charge in [0, 0.05) is 42.1 Å². The first-order valence-electron chi connectivity index (χ1n) is 9.55. The van der Waals surface area contributed by atoms with Gasteiger partial charge in [-0.15, -0.1) is 0 Å². The number of nitrogens with zero attached hydrogens (tertiary/aromatic N) is 4. The number of carbonyl (C=O) groups excluding carboxylic acids is 2. The van der Waals surface area contributed by atoms with Crippen molar-refractivity contribution < 1.29 is 19.5 Å². The van der Waals surface area contributed by atoms with Crippen LogP contribution in [-0.4, -0.2) is 67.9 Å². The van der Waals surface area contributed by atoms with Gasteiger partial charge in [-0.2, -0.15) is 0 Å². The number of piperazine rings is 1. The molecule has 3 rings (SSSR count). The molecule has 2 aromatic rings. The molecule has 1 unspecified atom stereocenters. The van der Waals surface area contributed by atoms with Crippen LogP contribution in [0.5, 0.6) is 0 Å². The number of halogens is 2. The van der Waals surface area contributed by atoms with Gasteiger partial charge in [0.05, 0.1) is 19.3 Å². The second-order valence-electron chi connectivity index (χ2n) is 7.10. The van der Waals surface area contributed by atoms with Crippen molar-refractivity contribution in [1.82, 2.24) is 19.4 Å². The van der Waals surface area contributed by atoms with Crippen molar-refractivity contribution in [1.29, 1.82) is 0 Å². The maximum absolute atomic E-state index is 13.0. The summed E-state index contributed by atoms with van der Waals surface area (Å²) in [5.41, 5.74) is 0.805. The lowest BCUT2D eigenvalue weighted by molar-refractivity contribution is -0.159. The first-order valence-corrected chi connectivity index (χ1v) is 10.3. The van der Waals surface area contributed by atoms with E-state index in [0.29, 0.717) is 36.0 Å². The molecule has 30 heavy (non-hydrogen) atoms. The Balaban J connectivity index is 1.65. The van der Waals surface area contributed by atoms with Crippen molar-refractivity contribution in [2.24, 2.45) is 0 Å². The normalized spacial score (nSPS) is 16.9. The third-order valence-corrected chi connectivity index (χ3v) is 5.62. The lowest BCUT2D eigenvalue weighted by Crippen LogP contribution is -2.60. The minimum atomic E-state index is -1.12. The van der Waals surface area contributed by atoms with Crippen molar-refractivity contribution in [3.05, 3.63) is 52.5 Å². The number of hydrogen-bond acceptors (Lipinski definition) is 4. The lowest BCUT2D eigenvalue weighted by atomic mass is 10.0. The Labute approximate surface area is 184 Å². The molecule has 1 aliphatic heterocycles. The van der Waals surface area contributed by atoms with E-state index in [1.807, 2.05) is 10.8 Å². The summed E-state index contributed by atoms with van der Waals surface area (Å²) in [5, 5.41) is 10.3. The van der Waals surface area contributed by atoms with E-state index in [1.165, 1.54) is 9.80 Å². The zero-order valence-electron chi connectivity index (χ0n) is 16.2. The highest BCUT2D eigenvalue weighted by Gasteiger charge is 2.40. The van der Waals surface area contributed by atoms with E-state index in [1.54, 1.807) is 30.7 Å². The SMILES string of the molecule is O=C(O)CC1C(=O)N(CCc2ccc(Cl)cc2Cl)CC(=O)N1CCCn1ccnc1. The minimum Gasteiger partial charge on any atom is -0.481 e. The molecule has 0 bridgehead atoms. The van der Waals surface area contributed by atoms with E-state index in [4.69, 9.17) is 23.2 Å². The predicted octanol–water partition coefficient (Wildman–Crippen LogP) is 2.34. The fraction of sp³-hybridized carbons (Fsp3) is 0.400. The Morgan fingerprint density at radius 2 is 2.00 bits per heavy atom. The summed E-state index contributed by atoms with van der Waals surface area (Å²) in [5.74, 6) is -1.73. The molecule has 2 heterocycles. The molecule has 1 fully saturated rings. The smallest absolute Gasteiger partial charge is 0.305 e. The van der Waals surface area contributed by atoms with Crippen molar-refractivity contribution in [2.75, 3.05) is 19.6 Å². The van der Waals surface area contributed by atoms with Gasteiger partial charge in [-0.1, -0.05) is 29.3 Å². The zero-order valence-corrected chi connectivity index (χ0v) is 17.7. The van der Waals surface area contributed by atoms with Crippen LogP contribution in [0.3, 0.4) is 0 Å². The topological polar surface area (TPSA) is 95.7 Å². The maximum Gasteiger partial charge on any atom is 0.305 e. The molecule has 8 nitrogen and oxygen atoms in total. The number of aryl methyl sites for hydroxylation is 1. The van der Waals surface area contributed by atoms with Gasteiger partial charge < -0.3 is 19.5 Å². The van der Waals surface area contributed by atoms with Crippen molar-refractivity contribution in [3.8, 4) is 0 Å². The molecular formula is C20H22Cl2N4O4. The van der Waals surface area contributed by atoms with Crippen LogP contribution < -0.4 is 0 Å². The molecule has 1 saturated heterocycles. The van der Waals surface area contributed by atoms with Crippen LogP contribution in [0.25, 0.3) is 0 Å². The minimum absolute atomic E-state index is 0.0781. The molecule has 1 aliphatic rings. The summed E-state index contributed by atoms with van der Waals surface area (Å²) in [7, 11) is 0. The number of carbonyl (C=O) groups is 3. The van der Waals surface area contributed by atoms with Crippen molar-refractivity contribution in [3.63, 3.8) is 0 Å². The summed E-state index contributed by atoms with van der Waals surface area (Å²) in [6, 6.07) is 4.10. The highest BCUT2D eigenvalue weighted by molar-refractivity contribution is 6.35. The molecule has 0 radical (unpaired) electrons. The zero-order chi connectivity index (χ0) is 21.7. The van der Waals surface area contributed by atoms with E-state index in [9.17, 15) is 19.5 Å². The molecular weight excluding hydrogens is 431 g/mol. The van der Waals surface area contributed by atoms with Crippen LogP contribution in [-0.2, 0) is 27.3 Å². The highest BCUT2D eigenvalue weighted by Crippen LogP contribution is 2.23. The van der Waals surface area contributed by atoms with Gasteiger partial charge in [0.1, 0.15) is 6.04 Å². The standard InChI is InChI=1S/C20H22Cl2N4O4/c21-15-3-2-14(16(22)10-15)4-8-25-12-18(27)26(17(20(25)30)11-19(28)29)7-1-6-24-9-5-23-13-24/h2-3,5,9-10,13,17H,1,4,6-8,11-12H2,(H,28,29). The number of carboxylic acid groups (broad SMARTS) is 1. The second-order valence-corrected chi connectivity index (χ2v) is 7.94. The molecule has 160 valence electrons. The lowest BCUT2D eigenvalue weighted by Gasteiger charge is -2.40. The number of rotatable bonds is 9. The third kappa shape index (κ3) is 5.52. The first kappa shape index (κ1) is 22.1. The quantitative estimate of drug-likeness (QED) is 0.629. The number of imidazole rings is 1. The van der Waals surface area contributed by atoms with Gasteiger partial charge in [-0.3, -0.25) is 14.4 Å². The average molecular weight is 453 g/mol. The summed E-state index contributed by atoms with van der Waals surface area (Å²) in [6.07, 6.45) is 5.74. The average Bonchev–Trinajstić information content (AvgIpc) is 3.20. The van der Waals surface area contributed by atoms with E-state index in [0.717, 1.165) is 5.56 Å². The van der Waals surface area contributed by atoms with Crippen LogP contribution in [0.1, 0.15) is 18.4 Å². The van der Waals surface area contributed by atoms with Crippen LogP contribution >= 0.6 is 23.2 Å². The largest absolute Gasteiger partial charge is 0.481 e. The van der Waals surface area contributed by atoms with Gasteiger partial charge in [0.25, 0.3) is 0 Å². The Morgan fingerprint density at radius 3 is 2.67 bits per heavy atom. The monoisotopic (exact) mass is 452 g/mol. The number of hydrogen-bond donors (Lipinski definition) is 1. The summed E-state index contributed by atoms with van der Waals surface area (Å²) < 4.78 is 1.87. The molecule has 0 saturated carbocycles. The van der Waals surface area contributed by atoms with Crippen molar-refractivity contribution in [2.45, 2.75) is 31.8 Å². The Morgan fingerprint density at radius 1 is 1.20 bits per heavy atom. The van der Waals surface area contributed by atoms with Crippen LogP contribution in [0.2, 0.25) is 10.0 Å². The Hall–Kier alpha value is -2.58. The van der Waals surface area contributed by atoms with Gasteiger partial charge in [-0.25, -0.2) is 4.98 Å². The summed E-state index contributed by atoms with van der Waals surface area (Å²) >= 11 is 12.1. The molecule has 0 spiro atoms. The number of benzene rings is 1. The molecule has 1 atom stereocenters. The van der Waals surface area contributed by atoms with E-state index < -0.39 is 18.4 Å². The second kappa shape index (κ2) is 9.95. The fourth-order valence-electron chi connectivity index (χ4n) is 3.51. The maximum atomic E-state index is 13.0. The number of amides is 2. The number of aliphatic carboxylic acids is 1. The summed E-state index contributed by atoms with van der Waals surface area (Å²) in [4.78, 5) is 43.8. The predicted molar refractivity (Wildman–Crippen MR) is 111 cm³/mol. The van der Waals surface area contributed by atoms with Gasteiger partial charge in [0.15, 0.2) is 0 Å². The van der Waals surface area contributed by atoms with Crippen molar-refractivity contribution >= 4 is 41.0 Å². The van der Waals surface area contributed by atoms with Crippen LogP contribution in [0.15, 0.2) is 36.9 Å². The molecule has 0 aliphatic carbocycles. The Kier molecular flexibility index (Phi) is 7.33.